The molecule has 2 fully saturated rings. The fraction of sp³-hybridized carbons (Fsp3) is 1.00. The zero-order chi connectivity index (χ0) is 11.8. The molecule has 0 radical (unpaired) electrons. The number of hydrogen-bond donors (Lipinski definition) is 2. The third-order valence-corrected chi connectivity index (χ3v) is 5.40. The minimum Gasteiger partial charge on any atom is -0.396 e. The molecule has 2 heteroatoms. The molecule has 0 bridgehead atoms. The van der Waals surface area contributed by atoms with Crippen LogP contribution in [0.5, 0.6) is 0 Å². The molecular weight excluding hydrogens is 200 g/mol. The highest BCUT2D eigenvalue weighted by Gasteiger charge is 2.54. The molecule has 0 aromatic carbocycles. The quantitative estimate of drug-likeness (QED) is 0.777. The molecular formula is C14H26O2. The van der Waals surface area contributed by atoms with Gasteiger partial charge in [0, 0.05) is 5.41 Å². The van der Waals surface area contributed by atoms with E-state index >= 15 is 0 Å². The first-order valence-electron chi connectivity index (χ1n) is 6.86. The topological polar surface area (TPSA) is 40.5 Å². The standard InChI is InChI=1S/C14H26O2/c1-11(2)12-4-8-14(16,9-5-12)13(10-15)6-3-7-13/h11-12,15-16H,3-10H2,1-2H3. The van der Waals surface area contributed by atoms with Gasteiger partial charge in [-0.15, -0.1) is 0 Å². The first-order valence-corrected chi connectivity index (χ1v) is 6.86. The molecule has 0 unspecified atom stereocenters. The fourth-order valence-electron chi connectivity index (χ4n) is 3.69. The van der Waals surface area contributed by atoms with E-state index in [-0.39, 0.29) is 12.0 Å². The predicted molar refractivity (Wildman–Crippen MR) is 65.1 cm³/mol. The van der Waals surface area contributed by atoms with Crippen LogP contribution < -0.4 is 0 Å². The summed E-state index contributed by atoms with van der Waals surface area (Å²) < 4.78 is 0. The van der Waals surface area contributed by atoms with Crippen LogP contribution >= 0.6 is 0 Å². The van der Waals surface area contributed by atoms with Crippen molar-refractivity contribution in [3.05, 3.63) is 0 Å². The summed E-state index contributed by atoms with van der Waals surface area (Å²) in [5.41, 5.74) is -0.708. The molecule has 0 spiro atoms. The van der Waals surface area contributed by atoms with Crippen molar-refractivity contribution < 1.29 is 10.2 Å². The number of hydrogen-bond acceptors (Lipinski definition) is 2. The highest BCUT2D eigenvalue weighted by Crippen LogP contribution is 2.55. The van der Waals surface area contributed by atoms with E-state index in [4.69, 9.17) is 0 Å². The molecule has 16 heavy (non-hydrogen) atoms. The summed E-state index contributed by atoms with van der Waals surface area (Å²) in [7, 11) is 0. The van der Waals surface area contributed by atoms with E-state index in [1.165, 1.54) is 6.42 Å². The monoisotopic (exact) mass is 226 g/mol. The van der Waals surface area contributed by atoms with Gasteiger partial charge in [0.05, 0.1) is 12.2 Å². The first-order chi connectivity index (χ1) is 7.53. The van der Waals surface area contributed by atoms with Gasteiger partial charge in [0.1, 0.15) is 0 Å². The summed E-state index contributed by atoms with van der Waals surface area (Å²) in [6.45, 7) is 4.73. The smallest absolute Gasteiger partial charge is 0.0725 e. The van der Waals surface area contributed by atoms with Crippen LogP contribution in [0.4, 0.5) is 0 Å². The zero-order valence-electron chi connectivity index (χ0n) is 10.7. The summed E-state index contributed by atoms with van der Waals surface area (Å²) in [5.74, 6) is 1.51. The summed E-state index contributed by atoms with van der Waals surface area (Å²) >= 11 is 0. The van der Waals surface area contributed by atoms with Crippen LogP contribution in [0.1, 0.15) is 58.8 Å². The Morgan fingerprint density at radius 1 is 1.12 bits per heavy atom. The van der Waals surface area contributed by atoms with Gasteiger partial charge in [0.2, 0.25) is 0 Å². The Morgan fingerprint density at radius 3 is 2.00 bits per heavy atom. The largest absolute Gasteiger partial charge is 0.396 e. The molecule has 2 aliphatic carbocycles. The van der Waals surface area contributed by atoms with E-state index in [1.807, 2.05) is 0 Å². The van der Waals surface area contributed by atoms with Gasteiger partial charge < -0.3 is 10.2 Å². The van der Waals surface area contributed by atoms with E-state index in [0.29, 0.717) is 0 Å². The van der Waals surface area contributed by atoms with Crippen molar-refractivity contribution in [1.82, 2.24) is 0 Å². The van der Waals surface area contributed by atoms with E-state index in [9.17, 15) is 10.2 Å². The molecule has 0 atom stereocenters. The number of aliphatic hydroxyl groups is 2. The molecule has 0 saturated heterocycles. The molecule has 94 valence electrons. The molecule has 0 amide bonds. The minimum atomic E-state index is -0.564. The highest BCUT2D eigenvalue weighted by molar-refractivity contribution is 5.05. The van der Waals surface area contributed by atoms with Gasteiger partial charge in [-0.25, -0.2) is 0 Å². The molecule has 2 rings (SSSR count). The van der Waals surface area contributed by atoms with Gasteiger partial charge in [-0.1, -0.05) is 20.3 Å². The van der Waals surface area contributed by atoms with Crippen LogP contribution in [-0.2, 0) is 0 Å². The predicted octanol–water partition coefficient (Wildman–Crippen LogP) is 2.73. The van der Waals surface area contributed by atoms with Crippen LogP contribution in [0.15, 0.2) is 0 Å². The SMILES string of the molecule is CC(C)C1CCC(O)(C2(CO)CCC2)CC1. The van der Waals surface area contributed by atoms with E-state index in [2.05, 4.69) is 13.8 Å². The Kier molecular flexibility index (Phi) is 3.33. The van der Waals surface area contributed by atoms with Crippen LogP contribution in [-0.4, -0.2) is 22.4 Å². The maximum Gasteiger partial charge on any atom is 0.0725 e. The lowest BCUT2D eigenvalue weighted by atomic mass is 9.54. The molecule has 2 nitrogen and oxygen atoms in total. The van der Waals surface area contributed by atoms with Crippen LogP contribution in [0.2, 0.25) is 0 Å². The molecule has 2 N–H and O–H groups in total. The zero-order valence-corrected chi connectivity index (χ0v) is 10.7. The lowest BCUT2D eigenvalue weighted by Crippen LogP contribution is -2.56. The Hall–Kier alpha value is -0.0800. The summed E-state index contributed by atoms with van der Waals surface area (Å²) in [5, 5.41) is 20.4. The van der Waals surface area contributed by atoms with Gasteiger partial charge in [-0.05, 0) is 50.4 Å². The van der Waals surface area contributed by atoms with E-state index in [1.54, 1.807) is 0 Å². The van der Waals surface area contributed by atoms with Crippen LogP contribution in [0.25, 0.3) is 0 Å². The second-order valence-electron chi connectivity index (χ2n) is 6.41. The third-order valence-electron chi connectivity index (χ3n) is 5.40. The summed E-state index contributed by atoms with van der Waals surface area (Å²) in [6.07, 6.45) is 7.29. The van der Waals surface area contributed by atoms with Crippen molar-refractivity contribution in [2.45, 2.75) is 64.4 Å². The molecule has 0 aromatic rings. The second kappa shape index (κ2) is 4.30. The lowest BCUT2D eigenvalue weighted by Gasteiger charge is -2.55. The van der Waals surface area contributed by atoms with Crippen molar-refractivity contribution in [3.8, 4) is 0 Å². The van der Waals surface area contributed by atoms with Crippen molar-refractivity contribution in [1.29, 1.82) is 0 Å². The summed E-state index contributed by atoms with van der Waals surface area (Å²) in [4.78, 5) is 0. The van der Waals surface area contributed by atoms with Crippen LogP contribution in [0, 0.1) is 17.3 Å². The molecule has 0 aliphatic heterocycles. The normalized spacial score (nSPS) is 38.4. The number of aliphatic hydroxyl groups excluding tert-OH is 1. The Bertz CT molecular complexity index is 230. The lowest BCUT2D eigenvalue weighted by molar-refractivity contribution is -0.173. The highest BCUT2D eigenvalue weighted by atomic mass is 16.3. The van der Waals surface area contributed by atoms with E-state index < -0.39 is 5.60 Å². The minimum absolute atomic E-state index is 0.144. The van der Waals surface area contributed by atoms with Gasteiger partial charge in [0.15, 0.2) is 0 Å². The van der Waals surface area contributed by atoms with Crippen molar-refractivity contribution in [2.24, 2.45) is 17.3 Å². The Morgan fingerprint density at radius 2 is 1.69 bits per heavy atom. The summed E-state index contributed by atoms with van der Waals surface area (Å²) in [6, 6.07) is 0. The van der Waals surface area contributed by atoms with Gasteiger partial charge in [-0.2, -0.15) is 0 Å². The average molecular weight is 226 g/mol. The Labute approximate surface area is 99.1 Å². The molecule has 2 aliphatic rings. The molecule has 0 heterocycles. The van der Waals surface area contributed by atoms with Gasteiger partial charge in [-0.3, -0.25) is 0 Å². The molecule has 0 aromatic heterocycles. The van der Waals surface area contributed by atoms with Crippen molar-refractivity contribution in [3.63, 3.8) is 0 Å². The maximum absolute atomic E-state index is 10.8. The van der Waals surface area contributed by atoms with Gasteiger partial charge in [0.25, 0.3) is 0 Å². The average Bonchev–Trinajstić information content (AvgIpc) is 2.17. The first kappa shape index (κ1) is 12.4. The Balaban J connectivity index is 2.00. The fourth-order valence-corrected chi connectivity index (χ4v) is 3.69. The number of rotatable bonds is 3. The second-order valence-corrected chi connectivity index (χ2v) is 6.41. The van der Waals surface area contributed by atoms with Crippen LogP contribution in [0.3, 0.4) is 0 Å². The van der Waals surface area contributed by atoms with Crippen molar-refractivity contribution >= 4 is 0 Å². The third kappa shape index (κ3) is 1.80. The maximum atomic E-state index is 10.8. The molecule has 2 saturated carbocycles. The van der Waals surface area contributed by atoms with E-state index in [0.717, 1.165) is 50.4 Å². The van der Waals surface area contributed by atoms with Gasteiger partial charge >= 0.3 is 0 Å². The van der Waals surface area contributed by atoms with Crippen molar-refractivity contribution in [2.75, 3.05) is 6.61 Å².